The number of amides is 1. The molecule has 260 valence electrons. The van der Waals surface area contributed by atoms with Crippen LogP contribution in [0.4, 0.5) is 4.79 Å². The van der Waals surface area contributed by atoms with E-state index in [-0.39, 0.29) is 24.7 Å². The first-order valence-electron chi connectivity index (χ1n) is 15.6. The number of rotatable bonds is 12. The Balaban J connectivity index is 0.000000276. The van der Waals surface area contributed by atoms with Crippen molar-refractivity contribution in [2.24, 2.45) is 11.7 Å². The second kappa shape index (κ2) is 17.9. The van der Waals surface area contributed by atoms with Crippen molar-refractivity contribution < 1.29 is 33.3 Å². The highest BCUT2D eigenvalue weighted by Crippen LogP contribution is 2.25. The summed E-state index contributed by atoms with van der Waals surface area (Å²) in [5, 5.41) is 8.56. The maximum absolute atomic E-state index is 11.7. The van der Waals surface area contributed by atoms with E-state index < -0.39 is 18.0 Å². The molecular formula is C35H43N7O7. The van der Waals surface area contributed by atoms with Gasteiger partial charge >= 0.3 is 12.1 Å². The molecule has 0 unspecified atom stereocenters. The Morgan fingerprint density at radius 2 is 1.20 bits per heavy atom. The van der Waals surface area contributed by atoms with E-state index in [1.54, 1.807) is 0 Å². The number of nitrogens with zero attached hydrogens (tertiary/aromatic N) is 6. The van der Waals surface area contributed by atoms with E-state index in [4.69, 9.17) is 19.9 Å². The summed E-state index contributed by atoms with van der Waals surface area (Å²) in [5.74, 6) is 1.32. The Labute approximate surface area is 285 Å². The molecule has 0 radical (unpaired) electrons. The van der Waals surface area contributed by atoms with Gasteiger partial charge < -0.3 is 24.7 Å². The number of carbonyl (C=O) groups excluding carboxylic acids is 3. The molecular weight excluding hydrogens is 630 g/mol. The highest BCUT2D eigenvalue weighted by atomic mass is 16.7. The normalized spacial score (nSPS) is 11.2. The molecule has 49 heavy (non-hydrogen) atoms. The number of aromatic nitrogens is 6. The Bertz CT molecular complexity index is 1790. The van der Waals surface area contributed by atoms with Crippen LogP contribution in [0.5, 0.6) is 11.5 Å². The summed E-state index contributed by atoms with van der Waals surface area (Å²) in [4.78, 5) is 42.2. The largest absolute Gasteiger partial charge is 0.516 e. The van der Waals surface area contributed by atoms with E-state index in [0.717, 1.165) is 39.8 Å². The van der Waals surface area contributed by atoms with Crippen molar-refractivity contribution in [3.05, 3.63) is 72.3 Å². The van der Waals surface area contributed by atoms with Gasteiger partial charge in [-0.05, 0) is 95.0 Å². The number of primary amides is 1. The quantitative estimate of drug-likeness (QED) is 0.109. The van der Waals surface area contributed by atoms with Gasteiger partial charge in [-0.2, -0.15) is 0 Å². The van der Waals surface area contributed by atoms with Gasteiger partial charge in [-0.1, -0.05) is 13.8 Å². The third-order valence-electron chi connectivity index (χ3n) is 5.85. The summed E-state index contributed by atoms with van der Waals surface area (Å²) in [6, 6.07) is 11.6. The van der Waals surface area contributed by atoms with Crippen molar-refractivity contribution in [3.63, 3.8) is 0 Å². The van der Waals surface area contributed by atoms with Crippen LogP contribution < -0.4 is 15.2 Å². The van der Waals surface area contributed by atoms with Gasteiger partial charge in [-0.3, -0.25) is 4.79 Å². The molecule has 0 bridgehead atoms. The van der Waals surface area contributed by atoms with Crippen LogP contribution in [0.3, 0.4) is 0 Å². The molecule has 2 aromatic heterocycles. The molecule has 14 nitrogen and oxygen atoms in total. The summed E-state index contributed by atoms with van der Waals surface area (Å²) in [7, 11) is 0. The summed E-state index contributed by atoms with van der Waals surface area (Å²) in [6.07, 6.45) is 7.18. The molecule has 0 fully saturated rings. The van der Waals surface area contributed by atoms with Gasteiger partial charge in [0.05, 0.1) is 18.8 Å². The first-order chi connectivity index (χ1) is 23.2. The molecule has 2 N–H and O–H groups in total. The molecule has 1 amide bonds. The fourth-order valence-electron chi connectivity index (χ4n) is 4.06. The second-order valence-electron chi connectivity index (χ2n) is 11.9. The number of esters is 1. The van der Waals surface area contributed by atoms with Crippen molar-refractivity contribution in [3.8, 4) is 34.3 Å². The van der Waals surface area contributed by atoms with Crippen LogP contribution >= 0.6 is 0 Å². The first-order valence-corrected chi connectivity index (χ1v) is 15.6. The summed E-state index contributed by atoms with van der Waals surface area (Å²) >= 11 is 0. The molecule has 14 heteroatoms. The number of ether oxygens (including phenoxy) is 4. The molecule has 0 saturated heterocycles. The molecule has 0 aliphatic heterocycles. The highest BCUT2D eigenvalue weighted by molar-refractivity contribution is 5.91. The van der Waals surface area contributed by atoms with Gasteiger partial charge in [0, 0.05) is 35.7 Å². The fourth-order valence-corrected chi connectivity index (χ4v) is 4.06. The number of hydrogen-bond donors (Lipinski definition) is 1. The van der Waals surface area contributed by atoms with Gasteiger partial charge in [0.2, 0.25) is 5.91 Å². The minimum atomic E-state index is -1.03. The van der Waals surface area contributed by atoms with E-state index >= 15 is 0 Å². The van der Waals surface area contributed by atoms with Gasteiger partial charge in [0.25, 0.3) is 0 Å². The fraction of sp³-hybridized carbons (Fsp3) is 0.343. The van der Waals surface area contributed by atoms with Crippen molar-refractivity contribution in [2.75, 3.05) is 6.61 Å². The lowest BCUT2D eigenvalue weighted by Crippen LogP contribution is -2.14. The smallest absolute Gasteiger partial charge is 0.491 e. The van der Waals surface area contributed by atoms with Crippen LogP contribution in [0.2, 0.25) is 0 Å². The van der Waals surface area contributed by atoms with Crippen LogP contribution in [0, 0.1) is 19.8 Å². The zero-order valence-corrected chi connectivity index (χ0v) is 29.0. The minimum absolute atomic E-state index is 0.0568. The predicted octanol–water partition coefficient (Wildman–Crippen LogP) is 5.84. The summed E-state index contributed by atoms with van der Waals surface area (Å²) in [5.41, 5.74) is 8.77. The average molecular weight is 674 g/mol. The highest BCUT2D eigenvalue weighted by Gasteiger charge is 2.12. The number of benzene rings is 2. The lowest BCUT2D eigenvalue weighted by Gasteiger charge is -2.11. The molecule has 0 aliphatic carbocycles. The van der Waals surface area contributed by atoms with E-state index in [0.29, 0.717) is 11.6 Å². The van der Waals surface area contributed by atoms with Gasteiger partial charge in [-0.15, -0.1) is 10.2 Å². The molecule has 0 atom stereocenters. The molecule has 0 saturated carbocycles. The summed E-state index contributed by atoms with van der Waals surface area (Å²) < 4.78 is 23.5. The zero-order valence-electron chi connectivity index (χ0n) is 29.0. The Kier molecular flexibility index (Phi) is 13.8. The van der Waals surface area contributed by atoms with E-state index in [2.05, 4.69) is 24.9 Å². The van der Waals surface area contributed by atoms with E-state index in [9.17, 15) is 14.4 Å². The third-order valence-corrected chi connectivity index (χ3v) is 5.85. The van der Waals surface area contributed by atoms with E-state index in [1.807, 2.05) is 91.8 Å². The molecule has 4 rings (SSSR count). The third kappa shape index (κ3) is 13.5. The predicted molar refractivity (Wildman–Crippen MR) is 184 cm³/mol. The molecule has 2 heterocycles. The van der Waals surface area contributed by atoms with Crippen molar-refractivity contribution in [2.45, 2.75) is 67.6 Å². The van der Waals surface area contributed by atoms with Crippen molar-refractivity contribution >= 4 is 30.4 Å². The van der Waals surface area contributed by atoms with Gasteiger partial charge in [0.1, 0.15) is 24.2 Å². The molecule has 0 spiro atoms. The zero-order chi connectivity index (χ0) is 36.1. The van der Waals surface area contributed by atoms with Crippen LogP contribution in [0.1, 0.15) is 52.7 Å². The van der Waals surface area contributed by atoms with Crippen LogP contribution in [0.25, 0.3) is 35.2 Å². The molecule has 2 aromatic carbocycles. The standard InChI is InChI=1S/C20H25N3O5.C15H18N4O2/c1-13(2)11-26-20(25)28-18(24)6-7-23-12-21-19(22-23)16-8-15(5)9-17(10-16)27-14(3)4;1-10(2)21-13-7-11(3)6-12(8-13)15-17-9-19(18-15)5-4-14(16)20/h6-10,12-14H,11H2,1-5H3;4-10H,1-3H3,(H2,16,20)/b7-6-;5-4-. The van der Waals surface area contributed by atoms with Crippen LogP contribution in [-0.2, 0) is 19.1 Å². The SMILES string of the molecule is Cc1cc(OC(C)C)cc(-c2ncn(/C=C\C(=O)OC(=O)OCC(C)C)n2)c1.Cc1cc(OC(C)C)cc(-c2ncn(/C=C\C(N)=O)n2)c1. The second-order valence-corrected chi connectivity index (χ2v) is 11.9. The van der Waals surface area contributed by atoms with Crippen LogP contribution in [0.15, 0.2) is 61.2 Å². The maximum Gasteiger partial charge on any atom is 0.516 e. The minimum Gasteiger partial charge on any atom is -0.491 e. The molecule has 4 aromatic rings. The molecule has 0 aliphatic rings. The first kappa shape index (κ1) is 37.7. The number of nitrogens with two attached hydrogens (primary N) is 1. The van der Waals surface area contributed by atoms with E-state index in [1.165, 1.54) is 40.5 Å². The monoisotopic (exact) mass is 673 g/mol. The number of carbonyl (C=O) groups is 3. The Morgan fingerprint density at radius 1 is 0.735 bits per heavy atom. The topological polar surface area (TPSA) is 176 Å². The van der Waals surface area contributed by atoms with Gasteiger partial charge in [0.15, 0.2) is 11.6 Å². The number of hydrogen-bond acceptors (Lipinski definition) is 11. The maximum atomic E-state index is 11.7. The Hall–Kier alpha value is -5.79. The lowest BCUT2D eigenvalue weighted by atomic mass is 10.1. The lowest BCUT2D eigenvalue weighted by molar-refractivity contribution is -0.134. The average Bonchev–Trinajstić information content (AvgIpc) is 3.67. The number of aryl methyl sites for hydroxylation is 2. The van der Waals surface area contributed by atoms with Crippen LogP contribution in [-0.4, -0.2) is 66.4 Å². The van der Waals surface area contributed by atoms with Crippen molar-refractivity contribution in [1.29, 1.82) is 0 Å². The summed E-state index contributed by atoms with van der Waals surface area (Å²) in [6.45, 7) is 15.7. The Morgan fingerprint density at radius 3 is 1.63 bits per heavy atom. The van der Waals surface area contributed by atoms with Crippen molar-refractivity contribution in [1.82, 2.24) is 29.5 Å². The van der Waals surface area contributed by atoms with Gasteiger partial charge in [-0.25, -0.2) is 28.9 Å².